The van der Waals surface area contributed by atoms with Gasteiger partial charge in [-0.1, -0.05) is 68.4 Å². The number of para-hydroxylation sites is 1. The second-order valence-corrected chi connectivity index (χ2v) is 10.2. The zero-order valence-electron chi connectivity index (χ0n) is 21.3. The van der Waals surface area contributed by atoms with Gasteiger partial charge in [0.2, 0.25) is 0 Å². The monoisotopic (exact) mass is 490 g/mol. The summed E-state index contributed by atoms with van der Waals surface area (Å²) in [5.41, 5.74) is 9.28. The molecule has 0 radical (unpaired) electrons. The average Bonchev–Trinajstić information content (AvgIpc) is 2.97. The quantitative estimate of drug-likeness (QED) is 0.249. The second-order valence-electron chi connectivity index (χ2n) is 10.2. The van der Waals surface area contributed by atoms with E-state index in [1.807, 2.05) is 55.0 Å². The Morgan fingerprint density at radius 1 is 0.526 bits per heavy atom. The fourth-order valence-corrected chi connectivity index (χ4v) is 5.65. The zero-order chi connectivity index (χ0) is 25.7. The van der Waals surface area contributed by atoms with Crippen LogP contribution < -0.4 is 4.90 Å². The van der Waals surface area contributed by atoms with E-state index in [1.54, 1.807) is 0 Å². The molecule has 0 aliphatic carbocycles. The molecule has 182 valence electrons. The number of anilines is 3. The predicted octanol–water partition coefficient (Wildman–Crippen LogP) is 8.47. The van der Waals surface area contributed by atoms with E-state index in [2.05, 4.69) is 90.5 Å². The molecule has 0 N–H and O–H groups in total. The van der Waals surface area contributed by atoms with Crippen LogP contribution in [0.15, 0.2) is 122 Å². The number of aromatic nitrogens is 3. The number of rotatable bonds is 3. The molecule has 3 aromatic heterocycles. The standard InChI is InChI=1S/C34H26N4/c1-34(2)26-13-5-6-16-31(26)38(33-20-24-12-4-3-11-23(24)19-27(33)34)32-21-30(29-15-8-10-18-36-29)37-22-25(32)28-14-7-9-17-35-28/h3-22H,1-2H3. The fraction of sp³-hybridized carbons (Fsp3) is 0.0882. The van der Waals surface area contributed by atoms with Crippen molar-refractivity contribution in [2.45, 2.75) is 19.3 Å². The number of hydrogen-bond donors (Lipinski definition) is 0. The minimum atomic E-state index is -0.172. The Hall–Kier alpha value is -4.83. The molecule has 7 rings (SSSR count). The van der Waals surface area contributed by atoms with E-state index in [0.29, 0.717) is 0 Å². The summed E-state index contributed by atoms with van der Waals surface area (Å²) in [6.07, 6.45) is 5.58. The molecule has 0 unspecified atom stereocenters. The number of fused-ring (bicyclic) bond motifs is 3. The van der Waals surface area contributed by atoms with E-state index in [1.165, 1.54) is 27.6 Å². The van der Waals surface area contributed by atoms with Crippen molar-refractivity contribution in [3.63, 3.8) is 0 Å². The van der Waals surface area contributed by atoms with Crippen molar-refractivity contribution in [1.29, 1.82) is 0 Å². The van der Waals surface area contributed by atoms with Crippen LogP contribution in [0.2, 0.25) is 0 Å². The van der Waals surface area contributed by atoms with Crippen LogP contribution in [0.3, 0.4) is 0 Å². The Balaban J connectivity index is 1.57. The van der Waals surface area contributed by atoms with Crippen LogP contribution >= 0.6 is 0 Å². The first-order valence-electron chi connectivity index (χ1n) is 12.9. The largest absolute Gasteiger partial charge is 0.309 e. The molecule has 0 atom stereocenters. The van der Waals surface area contributed by atoms with Crippen molar-refractivity contribution >= 4 is 27.8 Å². The third-order valence-corrected chi connectivity index (χ3v) is 7.59. The van der Waals surface area contributed by atoms with Crippen LogP contribution in [0.5, 0.6) is 0 Å². The van der Waals surface area contributed by atoms with Crippen molar-refractivity contribution in [3.05, 3.63) is 133 Å². The molecule has 0 saturated carbocycles. The highest BCUT2D eigenvalue weighted by molar-refractivity contribution is 5.97. The van der Waals surface area contributed by atoms with Gasteiger partial charge in [0.25, 0.3) is 0 Å². The van der Waals surface area contributed by atoms with E-state index in [0.717, 1.165) is 34.0 Å². The maximum absolute atomic E-state index is 4.84. The van der Waals surface area contributed by atoms with Gasteiger partial charge < -0.3 is 4.90 Å². The number of hydrogen-bond acceptors (Lipinski definition) is 4. The normalized spacial score (nSPS) is 13.7. The first kappa shape index (κ1) is 22.4. The molecule has 38 heavy (non-hydrogen) atoms. The third-order valence-electron chi connectivity index (χ3n) is 7.59. The lowest BCUT2D eigenvalue weighted by molar-refractivity contribution is 0.633. The van der Waals surface area contributed by atoms with Gasteiger partial charge in [0.1, 0.15) is 0 Å². The molecule has 0 saturated heterocycles. The molecule has 0 fully saturated rings. The topological polar surface area (TPSA) is 41.9 Å². The predicted molar refractivity (Wildman–Crippen MR) is 155 cm³/mol. The molecule has 1 aliphatic rings. The Morgan fingerprint density at radius 3 is 1.92 bits per heavy atom. The number of benzene rings is 3. The third kappa shape index (κ3) is 3.49. The van der Waals surface area contributed by atoms with Crippen LogP contribution in [0.1, 0.15) is 25.0 Å². The van der Waals surface area contributed by atoms with E-state index in [9.17, 15) is 0 Å². The maximum Gasteiger partial charge on any atom is 0.0907 e. The van der Waals surface area contributed by atoms with Gasteiger partial charge in [-0.15, -0.1) is 0 Å². The smallest absolute Gasteiger partial charge is 0.0907 e. The van der Waals surface area contributed by atoms with Crippen molar-refractivity contribution in [1.82, 2.24) is 15.0 Å². The van der Waals surface area contributed by atoms with E-state index in [-0.39, 0.29) is 5.41 Å². The van der Waals surface area contributed by atoms with Gasteiger partial charge in [0, 0.05) is 29.6 Å². The first-order valence-corrected chi connectivity index (χ1v) is 12.9. The Bertz CT molecular complexity index is 1790. The lowest BCUT2D eigenvalue weighted by Gasteiger charge is -2.42. The average molecular weight is 491 g/mol. The van der Waals surface area contributed by atoms with Gasteiger partial charge in [-0.2, -0.15) is 0 Å². The molecule has 0 spiro atoms. The maximum atomic E-state index is 4.84. The van der Waals surface area contributed by atoms with Crippen molar-refractivity contribution in [3.8, 4) is 22.6 Å². The van der Waals surface area contributed by atoms with Gasteiger partial charge in [-0.3, -0.25) is 15.0 Å². The fourth-order valence-electron chi connectivity index (χ4n) is 5.65. The van der Waals surface area contributed by atoms with Gasteiger partial charge in [0.15, 0.2) is 0 Å². The van der Waals surface area contributed by atoms with E-state index < -0.39 is 0 Å². The Labute approximate surface area is 222 Å². The molecular weight excluding hydrogens is 464 g/mol. The lowest BCUT2D eigenvalue weighted by atomic mass is 9.73. The van der Waals surface area contributed by atoms with Crippen molar-refractivity contribution in [2.24, 2.45) is 0 Å². The molecule has 4 heteroatoms. The molecule has 0 bridgehead atoms. The van der Waals surface area contributed by atoms with Crippen molar-refractivity contribution < 1.29 is 0 Å². The molecule has 3 aromatic carbocycles. The van der Waals surface area contributed by atoms with Crippen LogP contribution in [-0.2, 0) is 5.41 Å². The Kier molecular flexibility index (Phi) is 5.08. The van der Waals surface area contributed by atoms with Crippen LogP contribution in [0.25, 0.3) is 33.4 Å². The highest BCUT2D eigenvalue weighted by atomic mass is 15.2. The minimum absolute atomic E-state index is 0.172. The first-order chi connectivity index (χ1) is 18.6. The van der Waals surface area contributed by atoms with E-state index >= 15 is 0 Å². The molecule has 4 nitrogen and oxygen atoms in total. The summed E-state index contributed by atoms with van der Waals surface area (Å²) in [5.74, 6) is 0. The second kappa shape index (κ2) is 8.63. The number of nitrogens with zero attached hydrogens (tertiary/aromatic N) is 4. The Morgan fingerprint density at radius 2 is 1.18 bits per heavy atom. The molecular formula is C34H26N4. The summed E-state index contributed by atoms with van der Waals surface area (Å²) in [4.78, 5) is 16.5. The summed E-state index contributed by atoms with van der Waals surface area (Å²) in [6, 6.07) is 36.1. The summed E-state index contributed by atoms with van der Waals surface area (Å²) >= 11 is 0. The summed E-state index contributed by atoms with van der Waals surface area (Å²) < 4.78 is 0. The molecule has 4 heterocycles. The van der Waals surface area contributed by atoms with Crippen LogP contribution in [0.4, 0.5) is 17.1 Å². The SMILES string of the molecule is CC1(C)c2ccccc2N(c2cc(-c3ccccn3)ncc2-c2ccccn2)c2cc3ccccc3cc21. The summed E-state index contributed by atoms with van der Waals surface area (Å²) in [5, 5.41) is 2.46. The lowest BCUT2D eigenvalue weighted by Crippen LogP contribution is -2.31. The van der Waals surface area contributed by atoms with Crippen molar-refractivity contribution in [2.75, 3.05) is 4.90 Å². The molecule has 6 aromatic rings. The summed E-state index contributed by atoms with van der Waals surface area (Å²) in [6.45, 7) is 4.64. The van der Waals surface area contributed by atoms with Crippen LogP contribution in [-0.4, -0.2) is 15.0 Å². The molecule has 1 aliphatic heterocycles. The van der Waals surface area contributed by atoms with Gasteiger partial charge in [0.05, 0.1) is 34.1 Å². The zero-order valence-corrected chi connectivity index (χ0v) is 21.3. The highest BCUT2D eigenvalue weighted by Gasteiger charge is 2.38. The van der Waals surface area contributed by atoms with Crippen LogP contribution in [0, 0.1) is 0 Å². The number of pyridine rings is 3. The van der Waals surface area contributed by atoms with E-state index in [4.69, 9.17) is 9.97 Å². The van der Waals surface area contributed by atoms with Gasteiger partial charge >= 0.3 is 0 Å². The van der Waals surface area contributed by atoms with Gasteiger partial charge in [-0.25, -0.2) is 0 Å². The molecule has 0 amide bonds. The minimum Gasteiger partial charge on any atom is -0.309 e. The van der Waals surface area contributed by atoms with Gasteiger partial charge in [-0.05, 0) is 70.4 Å². The highest BCUT2D eigenvalue weighted by Crippen LogP contribution is 2.54. The summed E-state index contributed by atoms with van der Waals surface area (Å²) in [7, 11) is 0.